The van der Waals surface area contributed by atoms with Gasteiger partial charge in [-0.2, -0.15) is 0 Å². The fraction of sp³-hybridized carbons (Fsp3) is 0.273. The highest BCUT2D eigenvalue weighted by atomic mass is 32.1. The molecule has 9 heteroatoms. The molecule has 42 heavy (non-hydrogen) atoms. The van der Waals surface area contributed by atoms with E-state index in [0.29, 0.717) is 10.7 Å². The number of methoxy groups -OCH3 is 1. The smallest absolute Gasteiger partial charge is 0.337 e. The lowest BCUT2D eigenvalue weighted by atomic mass is 9.96. The molecule has 1 saturated heterocycles. The van der Waals surface area contributed by atoms with Crippen LogP contribution in [0.1, 0.15) is 64.5 Å². The molecule has 2 atom stereocenters. The number of carbonyl (C=O) groups excluding carboxylic acids is 2. The Kier molecular flexibility index (Phi) is 8.13. The first-order valence-corrected chi connectivity index (χ1v) is 14.3. The van der Waals surface area contributed by atoms with E-state index in [9.17, 15) is 9.59 Å². The molecule has 1 aliphatic rings. The number of thiocarbonyl (C=S) groups is 1. The number of hydrogen-bond donors (Lipinski definition) is 2. The zero-order valence-electron chi connectivity index (χ0n) is 24.6. The second kappa shape index (κ2) is 11.8. The van der Waals surface area contributed by atoms with Gasteiger partial charge in [0.25, 0.3) is 0 Å². The van der Waals surface area contributed by atoms with E-state index in [0.717, 1.165) is 45.3 Å². The van der Waals surface area contributed by atoms with Crippen molar-refractivity contribution in [1.29, 1.82) is 0 Å². The van der Waals surface area contributed by atoms with Crippen molar-refractivity contribution < 1.29 is 14.3 Å². The van der Waals surface area contributed by atoms with Crippen LogP contribution in [-0.4, -0.2) is 33.6 Å². The summed E-state index contributed by atoms with van der Waals surface area (Å²) in [5, 5.41) is 7.14. The average molecular weight is 582 g/mol. The first kappa shape index (κ1) is 29.0. The van der Waals surface area contributed by atoms with Gasteiger partial charge in [-0.15, -0.1) is 0 Å². The van der Waals surface area contributed by atoms with Crippen LogP contribution in [0.25, 0.3) is 5.69 Å². The van der Waals surface area contributed by atoms with Crippen LogP contribution >= 0.6 is 12.2 Å². The number of aryl methyl sites for hydroxylation is 2. The largest absolute Gasteiger partial charge is 0.465 e. The van der Waals surface area contributed by atoms with Crippen molar-refractivity contribution in [3.05, 3.63) is 107 Å². The van der Waals surface area contributed by atoms with E-state index >= 15 is 0 Å². The molecule has 216 valence electrons. The summed E-state index contributed by atoms with van der Waals surface area (Å²) in [5.41, 5.74) is 7.98. The number of benzene rings is 2. The van der Waals surface area contributed by atoms with Crippen LogP contribution in [0.5, 0.6) is 0 Å². The van der Waals surface area contributed by atoms with Gasteiger partial charge >= 0.3 is 5.97 Å². The molecule has 2 aromatic carbocycles. The highest BCUT2D eigenvalue weighted by molar-refractivity contribution is 7.80. The molecular formula is C33H35N5O3S. The molecule has 1 aliphatic heterocycles. The highest BCUT2D eigenvalue weighted by Gasteiger charge is 2.42. The molecule has 2 N–H and O–H groups in total. The minimum atomic E-state index is -0.380. The van der Waals surface area contributed by atoms with Crippen LogP contribution in [0.15, 0.2) is 72.9 Å². The lowest BCUT2D eigenvalue weighted by Crippen LogP contribution is -2.29. The van der Waals surface area contributed by atoms with Crippen LogP contribution in [0, 0.1) is 26.7 Å². The van der Waals surface area contributed by atoms with Gasteiger partial charge in [0.2, 0.25) is 5.91 Å². The molecule has 0 radical (unpaired) electrons. The molecule has 0 unspecified atom stereocenters. The molecule has 4 aromatic rings. The summed E-state index contributed by atoms with van der Waals surface area (Å²) in [7, 11) is 1.38. The lowest BCUT2D eigenvalue weighted by molar-refractivity contribution is -0.118. The van der Waals surface area contributed by atoms with Gasteiger partial charge in [-0.25, -0.2) is 4.79 Å². The quantitative estimate of drug-likeness (QED) is 0.194. The Morgan fingerprint density at radius 1 is 1.00 bits per heavy atom. The average Bonchev–Trinajstić information content (AvgIpc) is 3.48. The second-order valence-electron chi connectivity index (χ2n) is 10.8. The van der Waals surface area contributed by atoms with Gasteiger partial charge in [-0.1, -0.05) is 26.0 Å². The third kappa shape index (κ3) is 5.39. The summed E-state index contributed by atoms with van der Waals surface area (Å²) in [6.07, 6.45) is 1.79. The van der Waals surface area contributed by atoms with Gasteiger partial charge in [0.1, 0.15) is 0 Å². The highest BCUT2D eigenvalue weighted by Crippen LogP contribution is 2.44. The summed E-state index contributed by atoms with van der Waals surface area (Å²) in [4.78, 5) is 31.5. The summed E-state index contributed by atoms with van der Waals surface area (Å²) < 4.78 is 7.10. The molecule has 8 nitrogen and oxygen atoms in total. The van der Waals surface area contributed by atoms with Gasteiger partial charge in [0.15, 0.2) is 5.11 Å². The van der Waals surface area contributed by atoms with Gasteiger partial charge < -0.3 is 24.8 Å². The number of anilines is 2. The molecular weight excluding hydrogens is 546 g/mol. The predicted octanol–water partition coefficient (Wildman–Crippen LogP) is 6.36. The van der Waals surface area contributed by atoms with E-state index in [-0.39, 0.29) is 29.9 Å². The number of nitrogens with one attached hydrogen (secondary N) is 2. The number of nitrogens with zero attached hydrogens (tertiary/aromatic N) is 3. The SMILES string of the molecule is COC(=O)c1cccc(-n2c(C)cc([C@H]3[C@@H](c4ccccn4)NC(=S)N3c3ccc(NC(=O)C(C)C)c(C)c3)c2C)c1. The number of pyridine rings is 1. The third-order valence-corrected chi connectivity index (χ3v) is 8.00. The Morgan fingerprint density at radius 3 is 2.45 bits per heavy atom. The van der Waals surface area contributed by atoms with Gasteiger partial charge in [-0.05, 0) is 98.7 Å². The summed E-state index contributed by atoms with van der Waals surface area (Å²) in [6, 6.07) is 21.0. The maximum Gasteiger partial charge on any atom is 0.337 e. The van der Waals surface area contributed by atoms with Crippen molar-refractivity contribution in [3.8, 4) is 5.69 Å². The molecule has 2 aromatic heterocycles. The standard InChI is InChI=1S/C33H35N5O3S/c1-19(2)31(39)35-27-14-13-25(16-20(27)3)38-30(29(36-33(38)42)28-12-7-8-15-34-28)26-17-21(4)37(22(26)5)24-11-9-10-23(18-24)32(40)41-6/h7-19,29-30H,1-6H3,(H,35,39)(H,36,42)/t29-,30+/m1/s1. The third-order valence-electron chi connectivity index (χ3n) is 7.68. The first-order valence-electron chi connectivity index (χ1n) is 13.9. The van der Waals surface area contributed by atoms with Gasteiger partial charge in [-0.3, -0.25) is 9.78 Å². The van der Waals surface area contributed by atoms with Crippen LogP contribution in [0.3, 0.4) is 0 Å². The van der Waals surface area contributed by atoms with Crippen molar-refractivity contribution in [1.82, 2.24) is 14.9 Å². The zero-order chi connectivity index (χ0) is 30.1. The van der Waals surface area contributed by atoms with E-state index in [4.69, 9.17) is 17.0 Å². The van der Waals surface area contributed by atoms with E-state index in [1.54, 1.807) is 12.3 Å². The maximum atomic E-state index is 12.4. The maximum absolute atomic E-state index is 12.4. The number of hydrogen-bond acceptors (Lipinski definition) is 5. The normalized spacial score (nSPS) is 16.5. The van der Waals surface area contributed by atoms with E-state index in [1.807, 2.05) is 69.3 Å². The number of aromatic nitrogens is 2. The number of rotatable bonds is 7. The minimum absolute atomic E-state index is 0.0268. The minimum Gasteiger partial charge on any atom is -0.465 e. The number of amides is 1. The Hall–Kier alpha value is -4.50. The predicted molar refractivity (Wildman–Crippen MR) is 169 cm³/mol. The molecule has 0 bridgehead atoms. The molecule has 5 rings (SSSR count). The fourth-order valence-electron chi connectivity index (χ4n) is 5.54. The van der Waals surface area contributed by atoms with E-state index in [2.05, 4.69) is 51.1 Å². The fourth-order valence-corrected chi connectivity index (χ4v) is 5.88. The number of carbonyl (C=O) groups is 2. The monoisotopic (exact) mass is 581 g/mol. The van der Waals surface area contributed by atoms with Crippen molar-refractivity contribution >= 4 is 40.6 Å². The first-order chi connectivity index (χ1) is 20.1. The topological polar surface area (TPSA) is 88.5 Å². The Bertz CT molecular complexity index is 1660. The second-order valence-corrected chi connectivity index (χ2v) is 11.2. The molecule has 1 fully saturated rings. The summed E-state index contributed by atoms with van der Waals surface area (Å²) in [6.45, 7) is 9.86. The van der Waals surface area contributed by atoms with E-state index < -0.39 is 0 Å². The van der Waals surface area contributed by atoms with Crippen molar-refractivity contribution in [2.75, 3.05) is 17.3 Å². The zero-order valence-corrected chi connectivity index (χ0v) is 25.5. The van der Waals surface area contributed by atoms with Crippen molar-refractivity contribution in [2.45, 2.75) is 46.7 Å². The summed E-state index contributed by atoms with van der Waals surface area (Å²) >= 11 is 5.95. The van der Waals surface area contributed by atoms with Crippen molar-refractivity contribution in [3.63, 3.8) is 0 Å². The molecule has 0 aliphatic carbocycles. The lowest BCUT2D eigenvalue weighted by Gasteiger charge is -2.29. The Balaban J connectivity index is 1.62. The molecule has 3 heterocycles. The molecule has 1 amide bonds. The molecule has 0 saturated carbocycles. The van der Waals surface area contributed by atoms with Gasteiger partial charge in [0.05, 0.1) is 30.5 Å². The summed E-state index contributed by atoms with van der Waals surface area (Å²) in [5.74, 6) is -0.526. The Morgan fingerprint density at radius 2 is 1.79 bits per heavy atom. The van der Waals surface area contributed by atoms with Crippen LogP contribution in [0.4, 0.5) is 11.4 Å². The van der Waals surface area contributed by atoms with Crippen LogP contribution in [-0.2, 0) is 9.53 Å². The van der Waals surface area contributed by atoms with Crippen LogP contribution in [0.2, 0.25) is 0 Å². The Labute approximate surface area is 251 Å². The molecule has 0 spiro atoms. The number of esters is 1. The van der Waals surface area contributed by atoms with Crippen molar-refractivity contribution in [2.24, 2.45) is 5.92 Å². The van der Waals surface area contributed by atoms with E-state index in [1.165, 1.54) is 7.11 Å². The van der Waals surface area contributed by atoms with Crippen LogP contribution < -0.4 is 15.5 Å². The number of ether oxygens (including phenoxy) is 1. The van der Waals surface area contributed by atoms with Gasteiger partial charge in [0, 0.05) is 40.6 Å².